The van der Waals surface area contributed by atoms with Crippen molar-refractivity contribution in [1.82, 2.24) is 0 Å². The fraction of sp³-hybridized carbons (Fsp3) is 0.333. The van der Waals surface area contributed by atoms with Gasteiger partial charge in [-0.1, -0.05) is 13.0 Å². The van der Waals surface area contributed by atoms with Gasteiger partial charge in [-0.15, -0.1) is 0 Å². The van der Waals surface area contributed by atoms with Crippen LogP contribution in [-0.4, -0.2) is 31.7 Å². The van der Waals surface area contributed by atoms with Gasteiger partial charge in [-0.25, -0.2) is 4.79 Å². The third-order valence-electron chi connectivity index (χ3n) is 4.01. The lowest BCUT2D eigenvalue weighted by Crippen LogP contribution is -2.32. The average molecular weight is 371 g/mol. The average Bonchev–Trinajstić information content (AvgIpc) is 2.68. The second kappa shape index (κ2) is 9.62. The Morgan fingerprint density at radius 3 is 2.30 bits per heavy atom. The number of benzene rings is 2. The van der Waals surface area contributed by atoms with Gasteiger partial charge in [-0.3, -0.25) is 4.79 Å². The molecule has 1 amide bonds. The standard InChI is InChI=1S/C21H25NO5/c1-5-19(27-17-11-9-16(25-4)10-12-17)20(23)22-18-13-15(8-7-14(18)3)21(24)26-6-2/h7-13,19H,5-6H2,1-4H3,(H,22,23)/t19-/m0/s1. The van der Waals surface area contributed by atoms with Crippen LogP contribution in [0.2, 0.25) is 0 Å². The number of esters is 1. The van der Waals surface area contributed by atoms with Gasteiger partial charge in [0.05, 0.1) is 19.3 Å². The molecule has 0 bridgehead atoms. The minimum Gasteiger partial charge on any atom is -0.497 e. The van der Waals surface area contributed by atoms with Crippen LogP contribution < -0.4 is 14.8 Å². The van der Waals surface area contributed by atoms with E-state index in [2.05, 4.69) is 5.32 Å². The molecular weight excluding hydrogens is 346 g/mol. The van der Waals surface area contributed by atoms with E-state index in [1.165, 1.54) is 0 Å². The zero-order valence-corrected chi connectivity index (χ0v) is 16.1. The van der Waals surface area contributed by atoms with Crippen LogP contribution in [0.3, 0.4) is 0 Å². The largest absolute Gasteiger partial charge is 0.497 e. The van der Waals surface area contributed by atoms with Crippen LogP contribution in [0, 0.1) is 6.92 Å². The molecule has 6 nitrogen and oxygen atoms in total. The Labute approximate surface area is 159 Å². The number of rotatable bonds is 8. The minimum absolute atomic E-state index is 0.280. The Bertz CT molecular complexity index is 786. The van der Waals surface area contributed by atoms with E-state index in [4.69, 9.17) is 14.2 Å². The number of ether oxygens (including phenoxy) is 3. The monoisotopic (exact) mass is 371 g/mol. The summed E-state index contributed by atoms with van der Waals surface area (Å²) in [6.07, 6.45) is -0.168. The highest BCUT2D eigenvalue weighted by molar-refractivity contribution is 5.97. The molecule has 0 unspecified atom stereocenters. The summed E-state index contributed by atoms with van der Waals surface area (Å²) in [4.78, 5) is 24.6. The molecule has 0 aliphatic carbocycles. The van der Waals surface area contributed by atoms with Crippen LogP contribution in [0.25, 0.3) is 0 Å². The quantitative estimate of drug-likeness (QED) is 0.711. The van der Waals surface area contributed by atoms with Gasteiger partial charge in [0.15, 0.2) is 6.10 Å². The van der Waals surface area contributed by atoms with E-state index < -0.39 is 12.1 Å². The molecular formula is C21H25NO5. The molecule has 0 fully saturated rings. The topological polar surface area (TPSA) is 73.9 Å². The fourth-order valence-electron chi connectivity index (χ4n) is 2.45. The SMILES string of the molecule is CCOC(=O)c1ccc(C)c(NC(=O)[C@H](CC)Oc2ccc(OC)cc2)c1. The number of carbonyl (C=O) groups excluding carboxylic acids is 2. The van der Waals surface area contributed by atoms with E-state index in [1.807, 2.05) is 13.8 Å². The summed E-state index contributed by atoms with van der Waals surface area (Å²) < 4.78 is 15.9. The summed E-state index contributed by atoms with van der Waals surface area (Å²) in [6.45, 7) is 5.77. The lowest BCUT2D eigenvalue weighted by atomic mass is 10.1. The zero-order valence-electron chi connectivity index (χ0n) is 16.1. The number of aryl methyl sites for hydroxylation is 1. The predicted octanol–water partition coefficient (Wildman–Crippen LogP) is 3.98. The van der Waals surface area contributed by atoms with Crippen molar-refractivity contribution in [3.63, 3.8) is 0 Å². The molecule has 0 saturated carbocycles. The van der Waals surface area contributed by atoms with E-state index in [9.17, 15) is 9.59 Å². The summed E-state index contributed by atoms with van der Waals surface area (Å²) in [5.41, 5.74) is 1.79. The Balaban J connectivity index is 2.11. The van der Waals surface area contributed by atoms with Crippen molar-refractivity contribution in [2.75, 3.05) is 19.0 Å². The summed E-state index contributed by atoms with van der Waals surface area (Å²) in [5.74, 6) is 0.591. The maximum absolute atomic E-state index is 12.7. The molecule has 0 saturated heterocycles. The van der Waals surface area contributed by atoms with Gasteiger partial charge in [0.1, 0.15) is 11.5 Å². The molecule has 0 aliphatic heterocycles. The normalized spacial score (nSPS) is 11.4. The van der Waals surface area contributed by atoms with E-state index in [0.29, 0.717) is 35.8 Å². The van der Waals surface area contributed by atoms with Crippen LogP contribution >= 0.6 is 0 Å². The molecule has 0 radical (unpaired) electrons. The van der Waals surface area contributed by atoms with Gasteiger partial charge in [0.2, 0.25) is 0 Å². The maximum Gasteiger partial charge on any atom is 0.338 e. The number of hydrogen-bond donors (Lipinski definition) is 1. The number of methoxy groups -OCH3 is 1. The molecule has 0 aliphatic rings. The Kier molecular flexibility index (Phi) is 7.23. The highest BCUT2D eigenvalue weighted by Crippen LogP contribution is 2.21. The van der Waals surface area contributed by atoms with Crippen molar-refractivity contribution in [1.29, 1.82) is 0 Å². The molecule has 0 heterocycles. The Hall–Kier alpha value is -3.02. The second-order valence-corrected chi connectivity index (χ2v) is 5.93. The molecule has 2 aromatic carbocycles. The predicted molar refractivity (Wildman–Crippen MR) is 103 cm³/mol. The smallest absolute Gasteiger partial charge is 0.338 e. The maximum atomic E-state index is 12.7. The number of carbonyl (C=O) groups is 2. The van der Waals surface area contributed by atoms with Crippen molar-refractivity contribution in [3.05, 3.63) is 53.6 Å². The first-order valence-electron chi connectivity index (χ1n) is 8.87. The summed E-state index contributed by atoms with van der Waals surface area (Å²) >= 11 is 0. The Morgan fingerprint density at radius 2 is 1.70 bits per heavy atom. The van der Waals surface area contributed by atoms with E-state index >= 15 is 0 Å². The molecule has 1 atom stereocenters. The molecule has 144 valence electrons. The summed E-state index contributed by atoms with van der Waals surface area (Å²) in [6, 6.07) is 12.1. The fourth-order valence-corrected chi connectivity index (χ4v) is 2.45. The number of amides is 1. The second-order valence-electron chi connectivity index (χ2n) is 5.93. The van der Waals surface area contributed by atoms with Gasteiger partial charge < -0.3 is 19.5 Å². The minimum atomic E-state index is -0.663. The van der Waals surface area contributed by atoms with Crippen molar-refractivity contribution in [2.24, 2.45) is 0 Å². The third-order valence-corrected chi connectivity index (χ3v) is 4.01. The van der Waals surface area contributed by atoms with Crippen LogP contribution in [-0.2, 0) is 9.53 Å². The van der Waals surface area contributed by atoms with Gasteiger partial charge >= 0.3 is 5.97 Å². The number of nitrogens with one attached hydrogen (secondary N) is 1. The summed E-state index contributed by atoms with van der Waals surface area (Å²) in [5, 5.41) is 2.84. The first kappa shape index (κ1) is 20.3. The lowest BCUT2D eigenvalue weighted by molar-refractivity contribution is -0.122. The molecule has 0 spiro atoms. The number of hydrogen-bond acceptors (Lipinski definition) is 5. The van der Waals surface area contributed by atoms with Crippen LogP contribution in [0.1, 0.15) is 36.2 Å². The summed E-state index contributed by atoms with van der Waals surface area (Å²) in [7, 11) is 1.59. The van der Waals surface area contributed by atoms with Gasteiger partial charge in [-0.05, 0) is 62.2 Å². The molecule has 2 aromatic rings. The highest BCUT2D eigenvalue weighted by atomic mass is 16.5. The van der Waals surface area contributed by atoms with Gasteiger partial charge in [0, 0.05) is 5.69 Å². The molecule has 1 N–H and O–H groups in total. The highest BCUT2D eigenvalue weighted by Gasteiger charge is 2.20. The third kappa shape index (κ3) is 5.48. The van der Waals surface area contributed by atoms with E-state index in [1.54, 1.807) is 56.5 Å². The van der Waals surface area contributed by atoms with Crippen LogP contribution in [0.5, 0.6) is 11.5 Å². The molecule has 6 heteroatoms. The van der Waals surface area contributed by atoms with Crippen molar-refractivity contribution in [2.45, 2.75) is 33.3 Å². The molecule has 0 aromatic heterocycles. The zero-order chi connectivity index (χ0) is 19.8. The molecule has 2 rings (SSSR count). The van der Waals surface area contributed by atoms with Crippen molar-refractivity contribution >= 4 is 17.6 Å². The van der Waals surface area contributed by atoms with E-state index in [0.717, 1.165) is 5.56 Å². The lowest BCUT2D eigenvalue weighted by Gasteiger charge is -2.18. The first-order chi connectivity index (χ1) is 13.0. The van der Waals surface area contributed by atoms with E-state index in [-0.39, 0.29) is 5.91 Å². The van der Waals surface area contributed by atoms with Crippen LogP contribution in [0.4, 0.5) is 5.69 Å². The van der Waals surface area contributed by atoms with Gasteiger partial charge in [0.25, 0.3) is 5.91 Å². The van der Waals surface area contributed by atoms with Gasteiger partial charge in [-0.2, -0.15) is 0 Å². The number of anilines is 1. The van der Waals surface area contributed by atoms with Crippen LogP contribution in [0.15, 0.2) is 42.5 Å². The first-order valence-corrected chi connectivity index (χ1v) is 8.87. The molecule has 27 heavy (non-hydrogen) atoms. The van der Waals surface area contributed by atoms with Crippen molar-refractivity contribution in [3.8, 4) is 11.5 Å². The van der Waals surface area contributed by atoms with Crippen molar-refractivity contribution < 1.29 is 23.8 Å². The Morgan fingerprint density at radius 1 is 1.04 bits per heavy atom.